The molecule has 0 amide bonds. The summed E-state index contributed by atoms with van der Waals surface area (Å²) in [5.41, 5.74) is 18.1. The first-order valence-corrected chi connectivity index (χ1v) is 43.3. The second kappa shape index (κ2) is 22.8. The maximum absolute atomic E-state index is 3.80. The summed E-state index contributed by atoms with van der Waals surface area (Å²) in [6.07, 6.45) is 0. The summed E-state index contributed by atoms with van der Waals surface area (Å²) in [6, 6.07) is 59.6. The molecule has 0 aromatic heterocycles. The van der Waals surface area contributed by atoms with E-state index in [1.165, 1.54) is 151 Å². The molecule has 1 nitrogen and oxygen atoms in total. The first-order chi connectivity index (χ1) is 38.9. The summed E-state index contributed by atoms with van der Waals surface area (Å²) in [5, 5.41) is 37.7. The number of nitrogens with zero attached hydrogens (tertiary/aromatic N) is 1. The Morgan fingerprint density at radius 3 is 0.659 bits per heavy atom. The third-order valence-electron chi connectivity index (χ3n) is 18.5. The lowest BCUT2D eigenvalue weighted by Crippen LogP contribution is -3.00. The third kappa shape index (κ3) is 10.1. The van der Waals surface area contributed by atoms with E-state index < -0.39 is 0 Å². The van der Waals surface area contributed by atoms with Crippen LogP contribution in [-0.4, -0.2) is 127 Å². The molecule has 12 aromatic carbocycles. The van der Waals surface area contributed by atoms with Crippen LogP contribution in [0.4, 0.5) is 0 Å². The van der Waals surface area contributed by atoms with E-state index in [4.69, 9.17) is 0 Å². The monoisotopic (exact) mass is 1450 g/mol. The second-order valence-corrected chi connectivity index (χ2v) is 39.4. The van der Waals surface area contributed by atoms with Crippen LogP contribution >= 0.6 is 31.9 Å². The van der Waals surface area contributed by atoms with Crippen LogP contribution in [0, 0.1) is 0 Å². The zero-order valence-corrected chi connectivity index (χ0v) is 78.4. The van der Waals surface area contributed by atoms with Gasteiger partial charge < -0.3 is 21.5 Å². The van der Waals surface area contributed by atoms with Crippen LogP contribution in [0.2, 0.25) is 0 Å². The molecule has 0 N–H and O–H groups in total. The van der Waals surface area contributed by atoms with Crippen molar-refractivity contribution in [1.29, 1.82) is 0 Å². The van der Waals surface area contributed by atoms with Crippen LogP contribution in [0.25, 0.3) is 98.0 Å². The Morgan fingerprint density at radius 1 is 0.256 bits per heavy atom. The third-order valence-corrected chi connectivity index (χ3v) is 28.5. The van der Waals surface area contributed by atoms with Gasteiger partial charge in [0.1, 0.15) is 26.2 Å². The molecule has 1 spiro atoms. The SMILES string of the molecule is [Br-].[SiH3]c1ccc2c(-c3c(CBr)cc([SiH3])c4cc([SiH3])ccc34)c(CBr)cc([SiH3])c2c1.[SiH3]c1ccc2c3c(cc([SiH3])c2c1)C[N+]1(Cc2cc([SiH3])c4cc([SiH3])ccc4c2-3)Cc2cc([SiH3])c3cc([SiH3])ccc3c2-c2c(cc([SiH3])c3cc([SiH3])ccc23)C1. The maximum Gasteiger partial charge on any atom is 0.106 e. The number of hydrogen-bond donors (Lipinski definition) is 0. The first kappa shape index (κ1) is 58.6. The number of halogens is 3. The molecule has 0 unspecified atom stereocenters. The van der Waals surface area contributed by atoms with Gasteiger partial charge in [0, 0.05) is 156 Å². The fourth-order valence-electron chi connectivity index (χ4n) is 15.0. The van der Waals surface area contributed by atoms with Crippen LogP contribution in [0.1, 0.15) is 33.4 Å². The van der Waals surface area contributed by atoms with Gasteiger partial charge in [0.2, 0.25) is 0 Å². The lowest BCUT2D eigenvalue weighted by molar-refractivity contribution is -0.977. The summed E-state index contributed by atoms with van der Waals surface area (Å²) < 4.78 is 1.05. The number of alkyl halides is 2. The van der Waals surface area contributed by atoms with E-state index in [0.29, 0.717) is 0 Å². The number of rotatable bonds is 3. The van der Waals surface area contributed by atoms with Gasteiger partial charge in [-0.05, 0) is 109 Å². The van der Waals surface area contributed by atoms with E-state index in [1.54, 1.807) is 43.0 Å². The topological polar surface area (TPSA) is 0 Å². The number of benzene rings is 12. The molecule has 0 bridgehead atoms. The van der Waals surface area contributed by atoms with E-state index in [2.05, 4.69) is 177 Å². The van der Waals surface area contributed by atoms with Crippen molar-refractivity contribution in [2.75, 3.05) is 0 Å². The molecular formula is C66H72Br3NSi12. The van der Waals surface area contributed by atoms with Gasteiger partial charge in [-0.15, -0.1) is 0 Å². The molecule has 14 rings (SSSR count). The Bertz CT molecular complexity index is 4240. The summed E-state index contributed by atoms with van der Waals surface area (Å²) in [5.74, 6) is 0. The molecule has 12 aromatic rings. The van der Waals surface area contributed by atoms with Crippen molar-refractivity contribution in [2.24, 2.45) is 0 Å². The summed E-state index contributed by atoms with van der Waals surface area (Å²) in [4.78, 5) is 0. The molecule has 0 radical (unpaired) electrons. The Kier molecular flexibility index (Phi) is 16.3. The van der Waals surface area contributed by atoms with E-state index in [1.807, 2.05) is 0 Å². The number of quaternary nitrogens is 1. The van der Waals surface area contributed by atoms with E-state index >= 15 is 0 Å². The Labute approximate surface area is 546 Å². The molecule has 82 heavy (non-hydrogen) atoms. The number of fused-ring (bicyclic) bond motifs is 16. The molecule has 2 heterocycles. The average Bonchev–Trinajstić information content (AvgIpc) is 2.15. The Balaban J connectivity index is 0.000000194. The van der Waals surface area contributed by atoms with E-state index in [9.17, 15) is 0 Å². The Morgan fingerprint density at radius 2 is 0.451 bits per heavy atom. The highest BCUT2D eigenvalue weighted by Crippen LogP contribution is 2.49. The predicted molar refractivity (Wildman–Crippen MR) is 416 cm³/mol. The average molecular weight is 1460 g/mol. The van der Waals surface area contributed by atoms with Gasteiger partial charge in [-0.3, -0.25) is 0 Å². The van der Waals surface area contributed by atoms with Crippen LogP contribution in [0.15, 0.2) is 146 Å². The minimum atomic E-state index is 0. The minimum absolute atomic E-state index is 0. The van der Waals surface area contributed by atoms with Gasteiger partial charge >= 0.3 is 0 Å². The molecular weight excluding hydrogens is 1380 g/mol. The zero-order chi connectivity index (χ0) is 56.5. The predicted octanol–water partition coefficient (Wildman–Crippen LogP) is -8.48. The van der Waals surface area contributed by atoms with Crippen LogP contribution in [0.5, 0.6) is 0 Å². The van der Waals surface area contributed by atoms with Gasteiger partial charge in [0.05, 0.1) is 0 Å². The van der Waals surface area contributed by atoms with E-state index in [-0.39, 0.29) is 17.0 Å². The largest absolute Gasteiger partial charge is 1.00 e. The molecule has 16 heteroatoms. The lowest BCUT2D eigenvalue weighted by Gasteiger charge is -2.38. The van der Waals surface area contributed by atoms with Crippen molar-refractivity contribution < 1.29 is 21.5 Å². The normalized spacial score (nSPS) is 15.0. The Hall–Kier alpha value is -3.80. The highest BCUT2D eigenvalue weighted by molar-refractivity contribution is 9.08. The van der Waals surface area contributed by atoms with Crippen molar-refractivity contribution in [3.63, 3.8) is 0 Å². The standard InChI is InChI=1S/C44H48NSi8.C22H24Br2Si4.BrH/c46-25-1-5-29-33(13-25)37(50)9-21-17-45(18-22-10-38(51)34-14-26(47)2-6-30(34)42(22)41(21)29)19-23-11-39(52)35-15-27(48)3-7-31(35)43(23)44-24(20-45)12-40(53)36-16-28(49)4-8-32(36)44;23-9-11-5-19(27)17-7-13(25)1-3-15(17)21(11)22-12(10-24)6-20(28)18-8-14(26)2-4-16(18)22;/h1-16H,17-20H2,46-53H3;1-8H,9-10H2,25-28H3;1H/q+1;;/p-1. The fourth-order valence-corrected chi connectivity index (χ4v) is 23.2. The smallest absolute Gasteiger partial charge is 0.106 e. The second-order valence-electron chi connectivity index (χ2n) is 24.9. The number of hydrogen-bond acceptors (Lipinski definition) is 0. The van der Waals surface area contributed by atoms with Gasteiger partial charge in [0.25, 0.3) is 0 Å². The van der Waals surface area contributed by atoms with E-state index in [0.717, 1.165) is 164 Å². The highest BCUT2D eigenvalue weighted by atomic mass is 79.9. The quantitative estimate of drug-likeness (QED) is 0.0940. The van der Waals surface area contributed by atoms with Crippen molar-refractivity contribution >= 4 is 282 Å². The minimum Gasteiger partial charge on any atom is -1.00 e. The zero-order valence-electron chi connectivity index (χ0n) is 49.7. The summed E-state index contributed by atoms with van der Waals surface area (Å²) >= 11 is 7.60. The van der Waals surface area contributed by atoms with Crippen molar-refractivity contribution in [1.82, 2.24) is 0 Å². The molecule has 0 saturated carbocycles. The molecule has 2 aliphatic rings. The fraction of sp³-hybridized carbons (Fsp3) is 0.0909. The van der Waals surface area contributed by atoms with Gasteiger partial charge in [-0.1, -0.05) is 240 Å². The van der Waals surface area contributed by atoms with Crippen molar-refractivity contribution in [3.8, 4) is 33.4 Å². The van der Waals surface area contributed by atoms with Crippen molar-refractivity contribution in [2.45, 2.75) is 36.8 Å². The molecule has 2 aliphatic heterocycles. The van der Waals surface area contributed by atoms with Gasteiger partial charge in [-0.2, -0.15) is 0 Å². The van der Waals surface area contributed by atoms with Crippen LogP contribution in [-0.2, 0) is 36.8 Å². The maximum atomic E-state index is 3.80. The molecule has 410 valence electrons. The molecule has 0 aliphatic carbocycles. The summed E-state index contributed by atoms with van der Waals surface area (Å²) in [7, 11) is 12.9. The van der Waals surface area contributed by atoms with Gasteiger partial charge in [0.15, 0.2) is 0 Å². The highest BCUT2D eigenvalue weighted by Gasteiger charge is 2.40. The van der Waals surface area contributed by atoms with Crippen LogP contribution in [0.3, 0.4) is 0 Å². The van der Waals surface area contributed by atoms with Gasteiger partial charge in [-0.25, -0.2) is 0 Å². The van der Waals surface area contributed by atoms with Crippen molar-refractivity contribution in [3.05, 3.63) is 179 Å². The first-order valence-electron chi connectivity index (χ1n) is 29.1. The van der Waals surface area contributed by atoms with Crippen LogP contribution < -0.4 is 79.2 Å². The molecule has 0 atom stereocenters. The molecule has 0 saturated heterocycles. The summed E-state index contributed by atoms with van der Waals surface area (Å²) in [6.45, 7) is 4.26. The lowest BCUT2D eigenvalue weighted by atomic mass is 9.88. The molecule has 0 fully saturated rings.